The first-order valence-electron chi connectivity index (χ1n) is 5.40. The summed E-state index contributed by atoms with van der Waals surface area (Å²) in [6.07, 6.45) is 0. The van der Waals surface area contributed by atoms with Gasteiger partial charge in [-0.3, -0.25) is 4.72 Å². The lowest BCUT2D eigenvalue weighted by atomic mass is 10.2. The molecular weight excluding hydrogens is 303 g/mol. The number of nitrogens with one attached hydrogen (secondary N) is 1. The first kappa shape index (κ1) is 14.3. The molecule has 1 N–H and O–H groups in total. The first-order valence-corrected chi connectivity index (χ1v) is 7.26. The Morgan fingerprint density at radius 3 is 2.35 bits per heavy atom. The van der Waals surface area contributed by atoms with Crippen molar-refractivity contribution in [1.29, 1.82) is 5.26 Å². The van der Waals surface area contributed by atoms with Crippen molar-refractivity contribution in [1.82, 2.24) is 0 Å². The molecule has 2 rings (SSSR count). The van der Waals surface area contributed by atoms with Gasteiger partial charge in [-0.2, -0.15) is 5.26 Å². The number of hydrogen-bond donors (Lipinski definition) is 1. The van der Waals surface area contributed by atoms with Crippen molar-refractivity contribution in [2.24, 2.45) is 0 Å². The molecule has 4 nitrogen and oxygen atoms in total. The maximum Gasteiger partial charge on any atom is 0.264 e. The average Bonchev–Trinajstić information content (AvgIpc) is 2.38. The van der Waals surface area contributed by atoms with E-state index in [9.17, 15) is 12.8 Å². The zero-order valence-electron chi connectivity index (χ0n) is 9.97. The van der Waals surface area contributed by atoms with E-state index < -0.39 is 20.7 Å². The molecule has 0 radical (unpaired) electrons. The van der Waals surface area contributed by atoms with Crippen molar-refractivity contribution in [3.8, 4) is 6.07 Å². The van der Waals surface area contributed by atoms with Crippen molar-refractivity contribution in [2.45, 2.75) is 4.90 Å². The summed E-state index contributed by atoms with van der Waals surface area (Å²) in [5, 5.41) is 8.76. The highest BCUT2D eigenvalue weighted by molar-refractivity contribution is 7.92. The van der Waals surface area contributed by atoms with E-state index in [4.69, 9.17) is 16.9 Å². The molecule has 0 aromatic heterocycles. The fourth-order valence-electron chi connectivity index (χ4n) is 1.52. The number of benzene rings is 2. The minimum Gasteiger partial charge on any atom is -0.280 e. The zero-order chi connectivity index (χ0) is 14.8. The van der Waals surface area contributed by atoms with Gasteiger partial charge in [0, 0.05) is 10.7 Å². The van der Waals surface area contributed by atoms with Crippen LogP contribution in [0.4, 0.5) is 10.1 Å². The Morgan fingerprint density at radius 1 is 1.15 bits per heavy atom. The van der Waals surface area contributed by atoms with Gasteiger partial charge < -0.3 is 0 Å². The molecule has 2 aromatic carbocycles. The lowest BCUT2D eigenvalue weighted by Crippen LogP contribution is -2.14. The second-order valence-corrected chi connectivity index (χ2v) is 5.96. The molecule has 102 valence electrons. The summed E-state index contributed by atoms with van der Waals surface area (Å²) in [6.45, 7) is 0. The average molecular weight is 311 g/mol. The Labute approximate surface area is 120 Å². The van der Waals surface area contributed by atoms with E-state index in [-0.39, 0.29) is 10.7 Å². The number of rotatable bonds is 3. The van der Waals surface area contributed by atoms with Crippen LogP contribution >= 0.6 is 11.6 Å². The van der Waals surface area contributed by atoms with Crippen LogP contribution in [0.25, 0.3) is 0 Å². The van der Waals surface area contributed by atoms with Crippen LogP contribution in [0, 0.1) is 17.1 Å². The Morgan fingerprint density at radius 2 is 1.80 bits per heavy atom. The number of nitrogens with zero attached hydrogens (tertiary/aromatic N) is 1. The fraction of sp³-hybridized carbons (Fsp3) is 0. The Balaban J connectivity index is 2.33. The molecule has 0 atom stereocenters. The lowest BCUT2D eigenvalue weighted by Gasteiger charge is -2.09. The van der Waals surface area contributed by atoms with Crippen molar-refractivity contribution >= 4 is 27.3 Å². The summed E-state index contributed by atoms with van der Waals surface area (Å²) >= 11 is 5.57. The summed E-state index contributed by atoms with van der Waals surface area (Å²) in [5.74, 6) is -0.932. The Bertz CT molecular complexity index is 783. The molecule has 20 heavy (non-hydrogen) atoms. The lowest BCUT2D eigenvalue weighted by molar-refractivity contribution is 0.570. The van der Waals surface area contributed by atoms with Crippen LogP contribution in [0.2, 0.25) is 5.02 Å². The van der Waals surface area contributed by atoms with Crippen LogP contribution in [-0.4, -0.2) is 8.42 Å². The summed E-state index contributed by atoms with van der Waals surface area (Å²) in [4.78, 5) is -0.494. The quantitative estimate of drug-likeness (QED) is 0.946. The minimum atomic E-state index is -4.05. The van der Waals surface area contributed by atoms with E-state index in [1.54, 1.807) is 0 Å². The molecule has 0 aliphatic rings. The van der Waals surface area contributed by atoms with Gasteiger partial charge in [0.05, 0.1) is 11.6 Å². The standard InChI is InChI=1S/C13H8ClFN2O2S/c14-10-3-6-13(12(15)7-10)20(18,19)17-11-4-1-9(8-16)2-5-11/h1-7,17H. The highest BCUT2D eigenvalue weighted by atomic mass is 35.5. The topological polar surface area (TPSA) is 70.0 Å². The van der Waals surface area contributed by atoms with Gasteiger partial charge in [-0.1, -0.05) is 11.6 Å². The van der Waals surface area contributed by atoms with E-state index in [1.165, 1.54) is 30.3 Å². The molecule has 0 heterocycles. The van der Waals surface area contributed by atoms with Crippen molar-refractivity contribution in [2.75, 3.05) is 4.72 Å². The summed E-state index contributed by atoms with van der Waals surface area (Å²) in [5.41, 5.74) is 0.629. The van der Waals surface area contributed by atoms with Gasteiger partial charge in [0.25, 0.3) is 10.0 Å². The number of sulfonamides is 1. The Kier molecular flexibility index (Phi) is 3.93. The maximum atomic E-state index is 13.6. The molecule has 0 spiro atoms. The first-order chi connectivity index (χ1) is 9.42. The molecular formula is C13H8ClFN2O2S. The van der Waals surface area contributed by atoms with Crippen molar-refractivity contribution in [3.05, 3.63) is 58.9 Å². The van der Waals surface area contributed by atoms with Gasteiger partial charge in [-0.25, -0.2) is 12.8 Å². The molecule has 0 aliphatic carbocycles. The van der Waals surface area contributed by atoms with Crippen LogP contribution in [0.1, 0.15) is 5.56 Å². The van der Waals surface area contributed by atoms with Gasteiger partial charge in [0.1, 0.15) is 10.7 Å². The van der Waals surface area contributed by atoms with E-state index in [1.807, 2.05) is 6.07 Å². The smallest absolute Gasteiger partial charge is 0.264 e. The third-order valence-electron chi connectivity index (χ3n) is 2.45. The fourth-order valence-corrected chi connectivity index (χ4v) is 2.79. The number of halogens is 2. The predicted octanol–water partition coefficient (Wildman–Crippen LogP) is 3.15. The van der Waals surface area contributed by atoms with Gasteiger partial charge in [0.15, 0.2) is 0 Å². The van der Waals surface area contributed by atoms with Crippen molar-refractivity contribution in [3.63, 3.8) is 0 Å². The highest BCUT2D eigenvalue weighted by Gasteiger charge is 2.19. The van der Waals surface area contributed by atoms with E-state index in [0.29, 0.717) is 5.56 Å². The van der Waals surface area contributed by atoms with Crippen LogP contribution in [-0.2, 0) is 10.0 Å². The molecule has 7 heteroatoms. The second-order valence-electron chi connectivity index (χ2n) is 3.87. The van der Waals surface area contributed by atoms with Gasteiger partial charge in [-0.15, -0.1) is 0 Å². The molecule has 0 fully saturated rings. The van der Waals surface area contributed by atoms with Crippen LogP contribution < -0.4 is 4.72 Å². The largest absolute Gasteiger partial charge is 0.280 e. The second kappa shape index (κ2) is 5.49. The van der Waals surface area contributed by atoms with E-state index >= 15 is 0 Å². The van der Waals surface area contributed by atoms with Gasteiger partial charge in [-0.05, 0) is 42.5 Å². The summed E-state index contributed by atoms with van der Waals surface area (Å²) < 4.78 is 39.9. The monoisotopic (exact) mass is 310 g/mol. The third-order valence-corrected chi connectivity index (χ3v) is 4.10. The molecule has 2 aromatic rings. The number of anilines is 1. The minimum absolute atomic E-state index is 0.111. The molecule has 0 saturated heterocycles. The van der Waals surface area contributed by atoms with Gasteiger partial charge in [0.2, 0.25) is 0 Å². The maximum absolute atomic E-state index is 13.6. The molecule has 0 saturated carbocycles. The predicted molar refractivity (Wildman–Crippen MR) is 73.4 cm³/mol. The van der Waals surface area contributed by atoms with Crippen molar-refractivity contribution < 1.29 is 12.8 Å². The molecule has 0 unspecified atom stereocenters. The Hall–Kier alpha value is -2.10. The third kappa shape index (κ3) is 3.07. The molecule has 0 amide bonds. The molecule has 0 bridgehead atoms. The summed E-state index contributed by atoms with van der Waals surface area (Å²) in [7, 11) is -4.05. The van der Waals surface area contributed by atoms with Gasteiger partial charge >= 0.3 is 0 Å². The normalized spacial score (nSPS) is 10.8. The SMILES string of the molecule is N#Cc1ccc(NS(=O)(=O)c2ccc(Cl)cc2F)cc1. The molecule has 0 aliphatic heterocycles. The highest BCUT2D eigenvalue weighted by Crippen LogP contribution is 2.21. The zero-order valence-corrected chi connectivity index (χ0v) is 11.5. The van der Waals surface area contributed by atoms with Crippen LogP contribution in [0.3, 0.4) is 0 Å². The van der Waals surface area contributed by atoms with E-state index in [2.05, 4.69) is 4.72 Å². The van der Waals surface area contributed by atoms with Crippen LogP contribution in [0.15, 0.2) is 47.4 Å². The number of hydrogen-bond acceptors (Lipinski definition) is 3. The number of nitriles is 1. The van der Waals surface area contributed by atoms with E-state index in [0.717, 1.165) is 12.1 Å². The summed E-state index contributed by atoms with van der Waals surface area (Å²) in [6, 6.07) is 11.0. The van der Waals surface area contributed by atoms with Crippen LogP contribution in [0.5, 0.6) is 0 Å².